The molecule has 0 saturated heterocycles. The van der Waals surface area contributed by atoms with Crippen LogP contribution in [0.25, 0.3) is 0 Å². The molecular weight excluding hydrogens is 459 g/mol. The Kier molecular flexibility index (Phi) is 23.9. The maximum Gasteiger partial charge on any atom is 0.674 e. The van der Waals surface area contributed by atoms with Gasteiger partial charge in [0, 0.05) is 5.56 Å². The average Bonchev–Trinajstić information content (AvgIpc) is 2.66. The average molecular weight is 482 g/mol. The molecule has 0 aliphatic carbocycles. The van der Waals surface area contributed by atoms with Gasteiger partial charge in [-0.3, -0.25) is 22.7 Å². The summed E-state index contributed by atoms with van der Waals surface area (Å²) in [4.78, 5) is 0. The van der Waals surface area contributed by atoms with Gasteiger partial charge in [0.1, 0.15) is 18.2 Å². The summed E-state index contributed by atoms with van der Waals surface area (Å²) in [6.07, 6.45) is 0. The molecule has 19 heteroatoms. The number of amidine groups is 1. The zero-order valence-corrected chi connectivity index (χ0v) is 16.8. The molecule has 2 rings (SSSR count). The minimum atomic E-state index is -2.67. The van der Waals surface area contributed by atoms with Crippen molar-refractivity contribution >= 4 is 35.4 Å². The lowest BCUT2D eigenvalue weighted by Gasteiger charge is -2.07. The molecule has 11 nitrogen and oxygen atoms in total. The molecule has 0 fully saturated rings. The molecule has 0 aromatic heterocycles. The first kappa shape index (κ1) is 35.0. The monoisotopic (exact) mass is 482 g/mol. The van der Waals surface area contributed by atoms with Crippen molar-refractivity contribution in [2.75, 3.05) is 0 Å². The Morgan fingerprint density at radius 1 is 0.727 bits per heavy atom. The quantitative estimate of drug-likeness (QED) is 0.103. The number of hydrogen-bond acceptors (Lipinski definition) is 10. The Labute approximate surface area is 187 Å². The molecule has 182 valence electrons. The van der Waals surface area contributed by atoms with Gasteiger partial charge in [-0.25, -0.2) is 0 Å². The maximum absolute atomic E-state index is 10.1. The van der Waals surface area contributed by atoms with Gasteiger partial charge in [-0.1, -0.05) is 42.5 Å². The van der Waals surface area contributed by atoms with Crippen molar-refractivity contribution in [2.45, 2.75) is 6.61 Å². The molecule has 0 radical (unpaired) electrons. The summed E-state index contributed by atoms with van der Waals surface area (Å²) in [6.45, 7) is 0.516. The second kappa shape index (κ2) is 22.6. The summed E-state index contributed by atoms with van der Waals surface area (Å²) >= 11 is 0. The highest BCUT2D eigenvalue weighted by Gasteiger charge is 2.00. The van der Waals surface area contributed by atoms with Gasteiger partial charge in [0.15, 0.2) is 0 Å². The number of hydrogen-bond donors (Lipinski definition) is 10. The highest BCUT2D eigenvalue weighted by atomic mass is 19.1. The van der Waals surface area contributed by atoms with Crippen LogP contribution in [0.15, 0.2) is 54.6 Å². The molecule has 0 heterocycles. The van der Waals surface area contributed by atoms with Gasteiger partial charge in [0.25, 0.3) is 0 Å². The minimum Gasteiger partial charge on any atom is -0.489 e. The molecule has 0 aliphatic rings. The fraction of sp³-hybridized carbons (Fsp3) is 0.0714. The molecule has 0 unspecified atom stereocenters. The summed E-state index contributed by atoms with van der Waals surface area (Å²) in [6, 6.07) is 17.2. The molecule has 33 heavy (non-hydrogen) atoms. The predicted molar refractivity (Wildman–Crippen MR) is 113 cm³/mol. The van der Waals surface area contributed by atoms with E-state index in [-0.39, 0.29) is 5.84 Å². The maximum atomic E-state index is 10.1. The Morgan fingerprint density at radius 3 is 1.48 bits per heavy atom. The van der Waals surface area contributed by atoms with Gasteiger partial charge in [-0.05, 0) is 17.7 Å². The third-order valence-corrected chi connectivity index (χ3v) is 2.39. The first-order chi connectivity index (χ1) is 15.2. The van der Waals surface area contributed by atoms with E-state index in [1.807, 2.05) is 42.5 Å². The Hall–Kier alpha value is -2.63. The van der Waals surface area contributed by atoms with E-state index in [0.29, 0.717) is 12.2 Å². The van der Waals surface area contributed by atoms with Crippen molar-refractivity contribution in [1.82, 2.24) is 0 Å². The highest BCUT2D eigenvalue weighted by Crippen LogP contribution is 2.14. The van der Waals surface area contributed by atoms with E-state index in [4.69, 9.17) is 56.1 Å². The normalized spacial score (nSPS) is 8.36. The van der Waals surface area contributed by atoms with Crippen LogP contribution >= 0.6 is 0 Å². The van der Waals surface area contributed by atoms with Gasteiger partial charge in [0.05, 0.1) is 0 Å². The van der Waals surface area contributed by atoms with Crippen molar-refractivity contribution in [3.63, 3.8) is 0 Å². The van der Waals surface area contributed by atoms with E-state index in [0.717, 1.165) is 11.3 Å². The van der Waals surface area contributed by atoms with E-state index in [2.05, 4.69) is 0 Å². The molecule has 2 aromatic rings. The summed E-state index contributed by atoms with van der Waals surface area (Å²) in [5.41, 5.74) is 7.21. The fourth-order valence-corrected chi connectivity index (χ4v) is 1.49. The number of rotatable bonds is 4. The third kappa shape index (κ3) is 37.0. The van der Waals surface area contributed by atoms with E-state index in [9.17, 15) is 17.3 Å². The van der Waals surface area contributed by atoms with Crippen LogP contribution in [0.1, 0.15) is 11.1 Å². The fourth-order valence-electron chi connectivity index (χ4n) is 1.49. The van der Waals surface area contributed by atoms with Gasteiger partial charge in [-0.15, -0.1) is 0 Å². The van der Waals surface area contributed by atoms with E-state index < -0.39 is 29.6 Å². The predicted octanol–water partition coefficient (Wildman–Crippen LogP) is -1.75. The van der Waals surface area contributed by atoms with E-state index in [1.54, 1.807) is 12.1 Å². The third-order valence-electron chi connectivity index (χ3n) is 2.39. The summed E-state index contributed by atoms with van der Waals surface area (Å²) in [5, 5.41) is 62.9. The molecule has 0 bridgehead atoms. The molecular formula is C14H22B4F4N2O9. The lowest BCUT2D eigenvalue weighted by atomic mass is 10.2. The standard InChI is InChI=1S/C14H14N2O.4BFH2O2/c15-14(16)12-7-4-8-13(9-12)17-10-11-5-2-1-3-6-11;4*2-1(3)4/h1-9H,10H2,(H3,15,16);4*3-4H. The first-order valence-electron chi connectivity index (χ1n) is 8.31. The summed E-state index contributed by atoms with van der Waals surface area (Å²) < 4.78 is 46.1. The number of nitrogen functional groups attached to an aromatic ring is 1. The number of benzene rings is 2. The highest BCUT2D eigenvalue weighted by molar-refractivity contribution is 6.32. The van der Waals surface area contributed by atoms with Crippen molar-refractivity contribution in [1.29, 1.82) is 5.41 Å². The summed E-state index contributed by atoms with van der Waals surface area (Å²) in [5.74, 6) is 0.775. The van der Waals surface area contributed by atoms with E-state index >= 15 is 0 Å². The number of nitrogens with one attached hydrogen (secondary N) is 1. The number of ether oxygens (including phenoxy) is 1. The molecule has 11 N–H and O–H groups in total. The molecule has 0 amide bonds. The Bertz CT molecular complexity index is 691. The lowest BCUT2D eigenvalue weighted by molar-refractivity contribution is 0.306. The van der Waals surface area contributed by atoms with Gasteiger partial charge in [-0.2, -0.15) is 0 Å². The van der Waals surface area contributed by atoms with Gasteiger partial charge >= 0.3 is 29.6 Å². The van der Waals surface area contributed by atoms with Gasteiger partial charge < -0.3 is 50.7 Å². The number of halogens is 4. The second-order valence-corrected chi connectivity index (χ2v) is 4.96. The van der Waals surface area contributed by atoms with Crippen LogP contribution in [0.4, 0.5) is 17.3 Å². The van der Waals surface area contributed by atoms with Crippen molar-refractivity contribution in [2.24, 2.45) is 5.73 Å². The lowest BCUT2D eigenvalue weighted by Crippen LogP contribution is -2.10. The molecule has 0 aliphatic heterocycles. The van der Waals surface area contributed by atoms with E-state index in [1.165, 1.54) is 0 Å². The zero-order valence-electron chi connectivity index (χ0n) is 16.8. The Balaban J connectivity index is -0.000000462. The van der Waals surface area contributed by atoms with Gasteiger partial charge in [0.2, 0.25) is 0 Å². The Morgan fingerprint density at radius 2 is 1.12 bits per heavy atom. The SMILES string of the molecule is N=C(N)c1cccc(OCc2ccccc2)c1.OB(O)F.OB(O)F.OB(O)F.OB(O)F. The topological polar surface area (TPSA) is 221 Å². The largest absolute Gasteiger partial charge is 0.674 e. The van der Waals surface area contributed by atoms with Crippen LogP contribution in [0, 0.1) is 5.41 Å². The van der Waals surface area contributed by atoms with Crippen molar-refractivity contribution < 1.29 is 62.2 Å². The summed E-state index contributed by atoms with van der Waals surface area (Å²) in [7, 11) is -10.7. The molecule has 0 saturated carbocycles. The second-order valence-electron chi connectivity index (χ2n) is 4.96. The molecule has 0 atom stereocenters. The molecule has 2 aromatic carbocycles. The first-order valence-corrected chi connectivity index (χ1v) is 8.31. The van der Waals surface area contributed by atoms with Crippen LogP contribution in [0.5, 0.6) is 5.75 Å². The zero-order chi connectivity index (χ0) is 26.4. The smallest absolute Gasteiger partial charge is 0.489 e. The van der Waals surface area contributed by atoms with Crippen LogP contribution in [0.3, 0.4) is 0 Å². The minimum absolute atomic E-state index is 0.0511. The van der Waals surface area contributed by atoms with Crippen molar-refractivity contribution in [3.8, 4) is 5.75 Å². The van der Waals surface area contributed by atoms with Crippen LogP contribution in [0.2, 0.25) is 0 Å². The van der Waals surface area contributed by atoms with Crippen LogP contribution < -0.4 is 10.5 Å². The van der Waals surface area contributed by atoms with Crippen LogP contribution in [-0.4, -0.2) is 75.6 Å². The number of nitrogens with two attached hydrogens (primary N) is 1. The molecule has 0 spiro atoms. The van der Waals surface area contributed by atoms with Crippen molar-refractivity contribution in [3.05, 3.63) is 65.7 Å². The van der Waals surface area contributed by atoms with Crippen LogP contribution in [-0.2, 0) is 6.61 Å².